The molecular weight excluding hydrogens is 353 g/mol. The van der Waals surface area contributed by atoms with E-state index in [1.807, 2.05) is 0 Å². The Morgan fingerprint density at radius 2 is 2.00 bits per heavy atom. The molecule has 0 unspecified atom stereocenters. The van der Waals surface area contributed by atoms with Crippen LogP contribution in [0, 0.1) is 5.82 Å². The Kier molecular flexibility index (Phi) is 4.03. The van der Waals surface area contributed by atoms with E-state index in [9.17, 15) is 14.0 Å². The summed E-state index contributed by atoms with van der Waals surface area (Å²) in [6.07, 6.45) is 1.31. The van der Waals surface area contributed by atoms with E-state index in [0.717, 1.165) is 4.68 Å². The Morgan fingerprint density at radius 3 is 2.74 bits per heavy atom. The number of methoxy groups -OCH3 is 1. The van der Waals surface area contributed by atoms with Gasteiger partial charge in [0.05, 0.1) is 12.6 Å². The first-order valence-corrected chi connectivity index (χ1v) is 8.02. The van der Waals surface area contributed by atoms with Crippen LogP contribution in [0.5, 0.6) is 5.75 Å². The van der Waals surface area contributed by atoms with E-state index in [1.54, 1.807) is 31.4 Å². The standard InChI is InChI=1S/C18H14FN5O3/c1-27-13-5-3-12(4-6-13)21-16(25)9-24-18(26)23-10-20-15-7-2-11(19)8-14(15)17(23)22-24/h2-8,10H,9H2,1H3,(H,21,25). The number of carbonyl (C=O) groups is 1. The summed E-state index contributed by atoms with van der Waals surface area (Å²) in [7, 11) is 1.55. The average Bonchev–Trinajstić information content (AvgIpc) is 2.98. The Labute approximate surface area is 151 Å². The molecule has 0 aliphatic rings. The Balaban J connectivity index is 1.64. The third-order valence-corrected chi connectivity index (χ3v) is 4.05. The summed E-state index contributed by atoms with van der Waals surface area (Å²) < 4.78 is 20.8. The maximum atomic E-state index is 13.6. The van der Waals surface area contributed by atoms with E-state index >= 15 is 0 Å². The van der Waals surface area contributed by atoms with Crippen molar-refractivity contribution in [3.05, 3.63) is 65.1 Å². The summed E-state index contributed by atoms with van der Waals surface area (Å²) in [6, 6.07) is 10.8. The number of rotatable bonds is 4. The number of anilines is 1. The molecule has 2 heterocycles. The maximum absolute atomic E-state index is 13.6. The fourth-order valence-corrected chi connectivity index (χ4v) is 2.74. The molecule has 27 heavy (non-hydrogen) atoms. The first-order chi connectivity index (χ1) is 13.0. The normalized spacial score (nSPS) is 11.0. The van der Waals surface area contributed by atoms with Crippen LogP contribution in [-0.4, -0.2) is 32.2 Å². The van der Waals surface area contributed by atoms with E-state index < -0.39 is 17.4 Å². The lowest BCUT2D eigenvalue weighted by atomic mass is 10.2. The van der Waals surface area contributed by atoms with Gasteiger partial charge in [0.15, 0.2) is 5.65 Å². The molecule has 0 radical (unpaired) electrons. The lowest BCUT2D eigenvalue weighted by molar-refractivity contribution is -0.117. The van der Waals surface area contributed by atoms with Crippen LogP contribution in [0.15, 0.2) is 53.6 Å². The molecule has 136 valence electrons. The van der Waals surface area contributed by atoms with Crippen LogP contribution in [0.1, 0.15) is 0 Å². The van der Waals surface area contributed by atoms with E-state index in [-0.39, 0.29) is 12.2 Å². The minimum atomic E-state index is -0.534. The molecule has 0 saturated carbocycles. The van der Waals surface area contributed by atoms with Gasteiger partial charge in [0, 0.05) is 11.1 Å². The van der Waals surface area contributed by atoms with Gasteiger partial charge in [-0.2, -0.15) is 0 Å². The van der Waals surface area contributed by atoms with Gasteiger partial charge in [-0.25, -0.2) is 23.3 Å². The van der Waals surface area contributed by atoms with E-state index in [0.29, 0.717) is 22.3 Å². The highest BCUT2D eigenvalue weighted by Gasteiger charge is 2.14. The topological polar surface area (TPSA) is 90.5 Å². The maximum Gasteiger partial charge on any atom is 0.352 e. The fourth-order valence-electron chi connectivity index (χ4n) is 2.74. The van der Waals surface area contributed by atoms with Crippen molar-refractivity contribution in [3.63, 3.8) is 0 Å². The van der Waals surface area contributed by atoms with Gasteiger partial charge in [-0.1, -0.05) is 0 Å². The number of nitrogens with zero attached hydrogens (tertiary/aromatic N) is 4. The number of carbonyl (C=O) groups excluding carboxylic acids is 1. The molecule has 9 heteroatoms. The smallest absolute Gasteiger partial charge is 0.352 e. The second-order valence-corrected chi connectivity index (χ2v) is 5.82. The monoisotopic (exact) mass is 367 g/mol. The van der Waals surface area contributed by atoms with Gasteiger partial charge >= 0.3 is 5.69 Å². The van der Waals surface area contributed by atoms with E-state index in [2.05, 4.69) is 15.4 Å². The lowest BCUT2D eigenvalue weighted by Gasteiger charge is -2.05. The molecular formula is C18H14FN5O3. The summed E-state index contributed by atoms with van der Waals surface area (Å²) >= 11 is 0. The predicted octanol–water partition coefficient (Wildman–Crippen LogP) is 1.83. The highest BCUT2D eigenvalue weighted by Crippen LogP contribution is 2.17. The van der Waals surface area contributed by atoms with Crippen molar-refractivity contribution in [1.82, 2.24) is 19.2 Å². The zero-order chi connectivity index (χ0) is 19.0. The molecule has 2 aromatic carbocycles. The lowest BCUT2D eigenvalue weighted by Crippen LogP contribution is -2.28. The number of hydrogen-bond acceptors (Lipinski definition) is 5. The van der Waals surface area contributed by atoms with Crippen molar-refractivity contribution in [2.75, 3.05) is 12.4 Å². The molecule has 0 spiro atoms. The van der Waals surface area contributed by atoms with Gasteiger partial charge in [-0.15, -0.1) is 5.10 Å². The molecule has 1 N–H and O–H groups in total. The summed E-state index contributed by atoms with van der Waals surface area (Å²) in [6.45, 7) is -0.288. The van der Waals surface area contributed by atoms with Gasteiger partial charge in [0.25, 0.3) is 0 Å². The predicted molar refractivity (Wildman–Crippen MR) is 96.3 cm³/mol. The van der Waals surface area contributed by atoms with Gasteiger partial charge in [0.1, 0.15) is 24.4 Å². The first kappa shape index (κ1) is 16.7. The van der Waals surface area contributed by atoms with Gasteiger partial charge in [-0.05, 0) is 42.5 Å². The molecule has 0 aliphatic carbocycles. The van der Waals surface area contributed by atoms with Crippen molar-refractivity contribution in [2.45, 2.75) is 6.54 Å². The SMILES string of the molecule is COc1ccc(NC(=O)Cn2nc3c4cc(F)ccc4ncn3c2=O)cc1. The average molecular weight is 367 g/mol. The molecule has 0 saturated heterocycles. The quantitative estimate of drug-likeness (QED) is 0.594. The number of ether oxygens (including phenoxy) is 1. The van der Waals surface area contributed by atoms with Crippen LogP contribution in [0.2, 0.25) is 0 Å². The molecule has 1 amide bonds. The third-order valence-electron chi connectivity index (χ3n) is 4.05. The number of aromatic nitrogens is 4. The number of benzene rings is 2. The Morgan fingerprint density at radius 1 is 1.22 bits per heavy atom. The van der Waals surface area contributed by atoms with Crippen molar-refractivity contribution in [2.24, 2.45) is 0 Å². The fraction of sp³-hybridized carbons (Fsp3) is 0.111. The molecule has 0 aliphatic heterocycles. The molecule has 0 atom stereocenters. The minimum Gasteiger partial charge on any atom is -0.497 e. The molecule has 0 fully saturated rings. The molecule has 8 nitrogen and oxygen atoms in total. The van der Waals surface area contributed by atoms with E-state index in [1.165, 1.54) is 28.9 Å². The second-order valence-electron chi connectivity index (χ2n) is 5.82. The number of nitrogens with one attached hydrogen (secondary N) is 1. The molecule has 0 bridgehead atoms. The number of hydrogen-bond donors (Lipinski definition) is 1. The number of amides is 1. The van der Waals surface area contributed by atoms with E-state index in [4.69, 9.17) is 4.74 Å². The summed E-state index contributed by atoms with van der Waals surface area (Å²) in [5.41, 5.74) is 0.769. The van der Waals surface area contributed by atoms with Crippen LogP contribution in [0.3, 0.4) is 0 Å². The van der Waals surface area contributed by atoms with Crippen LogP contribution in [0.25, 0.3) is 16.6 Å². The molecule has 4 aromatic rings. The zero-order valence-electron chi connectivity index (χ0n) is 14.2. The van der Waals surface area contributed by atoms with Crippen LogP contribution < -0.4 is 15.7 Å². The second kappa shape index (κ2) is 6.52. The van der Waals surface area contributed by atoms with Crippen LogP contribution in [0.4, 0.5) is 10.1 Å². The first-order valence-electron chi connectivity index (χ1n) is 8.02. The van der Waals surface area contributed by atoms with Crippen LogP contribution >= 0.6 is 0 Å². The molecule has 2 aromatic heterocycles. The summed E-state index contributed by atoms with van der Waals surface area (Å²) in [5, 5.41) is 7.24. The van der Waals surface area contributed by atoms with Gasteiger partial charge in [0.2, 0.25) is 5.91 Å². The molecule has 4 rings (SSSR count). The minimum absolute atomic E-state index is 0.238. The summed E-state index contributed by atoms with van der Waals surface area (Å²) in [4.78, 5) is 28.8. The van der Waals surface area contributed by atoms with Crippen LogP contribution in [-0.2, 0) is 11.3 Å². The van der Waals surface area contributed by atoms with Gasteiger partial charge < -0.3 is 10.1 Å². The number of fused-ring (bicyclic) bond motifs is 3. The zero-order valence-corrected chi connectivity index (χ0v) is 14.2. The van der Waals surface area contributed by atoms with Crippen molar-refractivity contribution in [3.8, 4) is 5.75 Å². The Hall–Kier alpha value is -3.75. The Bertz CT molecular complexity index is 1210. The summed E-state index contributed by atoms with van der Waals surface area (Å²) in [5.74, 6) is -0.220. The largest absolute Gasteiger partial charge is 0.497 e. The van der Waals surface area contributed by atoms with Crippen molar-refractivity contribution >= 4 is 28.1 Å². The highest BCUT2D eigenvalue weighted by atomic mass is 19.1. The highest BCUT2D eigenvalue weighted by molar-refractivity contribution is 5.92. The third kappa shape index (κ3) is 3.10. The van der Waals surface area contributed by atoms with Crippen molar-refractivity contribution < 1.29 is 13.9 Å². The van der Waals surface area contributed by atoms with Gasteiger partial charge in [-0.3, -0.25) is 4.79 Å². The van der Waals surface area contributed by atoms with Crippen molar-refractivity contribution in [1.29, 1.82) is 0 Å². The number of halogens is 1.